The van der Waals surface area contributed by atoms with Gasteiger partial charge in [0.25, 0.3) is 0 Å². The van der Waals surface area contributed by atoms with Crippen LogP contribution in [0.5, 0.6) is 0 Å². The summed E-state index contributed by atoms with van der Waals surface area (Å²) in [6.07, 6.45) is 1.16. The van der Waals surface area contributed by atoms with Crippen LogP contribution >= 0.6 is 27.3 Å². The van der Waals surface area contributed by atoms with Gasteiger partial charge in [-0.3, -0.25) is 4.90 Å². The standard InChI is InChI=1S/C15H19BrN2S/c1-2-8-18(11-15-14(16)7-9-19-15)10-12-3-5-13(17)6-4-12/h3-7,9H,2,8,10-11,17H2,1H3. The Morgan fingerprint density at radius 1 is 1.16 bits per heavy atom. The summed E-state index contributed by atoms with van der Waals surface area (Å²) in [6, 6.07) is 10.3. The van der Waals surface area contributed by atoms with E-state index in [0.717, 1.165) is 31.7 Å². The zero-order valence-electron chi connectivity index (χ0n) is 11.1. The molecule has 2 aromatic rings. The molecule has 0 saturated heterocycles. The normalized spacial score (nSPS) is 11.1. The van der Waals surface area contributed by atoms with Crippen molar-refractivity contribution in [2.45, 2.75) is 26.4 Å². The van der Waals surface area contributed by atoms with Crippen LogP contribution in [-0.4, -0.2) is 11.4 Å². The average molecular weight is 339 g/mol. The molecule has 0 amide bonds. The molecule has 0 bridgehead atoms. The van der Waals surface area contributed by atoms with Gasteiger partial charge < -0.3 is 5.73 Å². The summed E-state index contributed by atoms with van der Waals surface area (Å²) >= 11 is 5.42. The summed E-state index contributed by atoms with van der Waals surface area (Å²) in [7, 11) is 0. The Hall–Kier alpha value is -0.840. The van der Waals surface area contributed by atoms with Gasteiger partial charge in [0.15, 0.2) is 0 Å². The van der Waals surface area contributed by atoms with Crippen molar-refractivity contribution >= 4 is 33.0 Å². The maximum Gasteiger partial charge on any atom is 0.0342 e. The van der Waals surface area contributed by atoms with Crippen LogP contribution in [0.1, 0.15) is 23.8 Å². The zero-order valence-corrected chi connectivity index (χ0v) is 13.5. The number of halogens is 1. The molecule has 0 radical (unpaired) electrons. The molecule has 2 rings (SSSR count). The number of benzene rings is 1. The van der Waals surface area contributed by atoms with Crippen molar-refractivity contribution in [2.75, 3.05) is 12.3 Å². The van der Waals surface area contributed by atoms with Crippen LogP contribution < -0.4 is 5.73 Å². The second-order valence-electron chi connectivity index (χ2n) is 4.64. The Kier molecular flexibility index (Phi) is 5.43. The summed E-state index contributed by atoms with van der Waals surface area (Å²) in [5, 5.41) is 2.13. The smallest absolute Gasteiger partial charge is 0.0342 e. The molecule has 0 saturated carbocycles. The van der Waals surface area contributed by atoms with Crippen LogP contribution in [0.15, 0.2) is 40.2 Å². The molecule has 1 aromatic carbocycles. The molecule has 102 valence electrons. The molecule has 1 heterocycles. The van der Waals surface area contributed by atoms with Crippen LogP contribution in [0, 0.1) is 0 Å². The highest BCUT2D eigenvalue weighted by Gasteiger charge is 2.09. The number of nitrogen functional groups attached to an aromatic ring is 1. The topological polar surface area (TPSA) is 29.3 Å². The number of nitrogens with two attached hydrogens (primary N) is 1. The van der Waals surface area contributed by atoms with Crippen LogP contribution in [0.3, 0.4) is 0 Å². The van der Waals surface area contributed by atoms with Gasteiger partial charge in [-0.15, -0.1) is 11.3 Å². The first-order valence-electron chi connectivity index (χ1n) is 6.47. The second-order valence-corrected chi connectivity index (χ2v) is 6.50. The molecule has 0 aliphatic rings. The third-order valence-electron chi connectivity index (χ3n) is 2.98. The van der Waals surface area contributed by atoms with Crippen molar-refractivity contribution < 1.29 is 0 Å². The Labute approximate surface area is 127 Å². The minimum absolute atomic E-state index is 0.826. The fourth-order valence-electron chi connectivity index (χ4n) is 2.05. The highest BCUT2D eigenvalue weighted by molar-refractivity contribution is 9.10. The number of hydrogen-bond donors (Lipinski definition) is 1. The number of rotatable bonds is 6. The van der Waals surface area contributed by atoms with Gasteiger partial charge >= 0.3 is 0 Å². The van der Waals surface area contributed by atoms with Crippen molar-refractivity contribution in [3.63, 3.8) is 0 Å². The van der Waals surface area contributed by atoms with E-state index in [4.69, 9.17) is 5.73 Å². The summed E-state index contributed by atoms with van der Waals surface area (Å²) in [5.74, 6) is 0. The summed E-state index contributed by atoms with van der Waals surface area (Å²) in [5.41, 5.74) is 7.87. The van der Waals surface area contributed by atoms with Crippen molar-refractivity contribution in [3.8, 4) is 0 Å². The predicted molar refractivity (Wildman–Crippen MR) is 87.3 cm³/mol. The highest BCUT2D eigenvalue weighted by Crippen LogP contribution is 2.25. The van der Waals surface area contributed by atoms with Gasteiger partial charge in [0, 0.05) is 28.1 Å². The SMILES string of the molecule is CCCN(Cc1ccc(N)cc1)Cc1sccc1Br. The van der Waals surface area contributed by atoms with Crippen molar-refractivity contribution in [3.05, 3.63) is 50.6 Å². The average Bonchev–Trinajstić information content (AvgIpc) is 2.78. The van der Waals surface area contributed by atoms with E-state index in [-0.39, 0.29) is 0 Å². The highest BCUT2D eigenvalue weighted by atomic mass is 79.9. The van der Waals surface area contributed by atoms with Gasteiger partial charge in [-0.05, 0) is 58.0 Å². The molecule has 0 aliphatic carbocycles. The van der Waals surface area contributed by atoms with Crippen molar-refractivity contribution in [1.82, 2.24) is 4.90 Å². The van der Waals surface area contributed by atoms with Gasteiger partial charge in [0.1, 0.15) is 0 Å². The van der Waals surface area contributed by atoms with Crippen LogP contribution in [0.4, 0.5) is 5.69 Å². The van der Waals surface area contributed by atoms with Gasteiger partial charge in [-0.1, -0.05) is 19.1 Å². The number of nitrogens with zero attached hydrogens (tertiary/aromatic N) is 1. The second kappa shape index (κ2) is 7.08. The van der Waals surface area contributed by atoms with Crippen molar-refractivity contribution in [2.24, 2.45) is 0 Å². The lowest BCUT2D eigenvalue weighted by Crippen LogP contribution is -2.23. The molecule has 0 atom stereocenters. The third-order valence-corrected chi connectivity index (χ3v) is 4.90. The van der Waals surface area contributed by atoms with Gasteiger partial charge in [-0.25, -0.2) is 0 Å². The molecule has 0 unspecified atom stereocenters. The Morgan fingerprint density at radius 3 is 2.47 bits per heavy atom. The van der Waals surface area contributed by atoms with Crippen LogP contribution in [-0.2, 0) is 13.1 Å². The molecule has 0 aliphatic heterocycles. The van der Waals surface area contributed by atoms with E-state index in [1.165, 1.54) is 14.9 Å². The quantitative estimate of drug-likeness (QED) is 0.785. The number of thiophene rings is 1. The zero-order chi connectivity index (χ0) is 13.7. The molecule has 0 fully saturated rings. The third kappa shape index (κ3) is 4.34. The maximum atomic E-state index is 5.73. The molecule has 1 aromatic heterocycles. The van der Waals surface area contributed by atoms with Crippen LogP contribution in [0.2, 0.25) is 0 Å². The van der Waals surface area contributed by atoms with Crippen molar-refractivity contribution in [1.29, 1.82) is 0 Å². The largest absolute Gasteiger partial charge is 0.399 e. The number of anilines is 1. The van der Waals surface area contributed by atoms with Gasteiger partial charge in [0.2, 0.25) is 0 Å². The molecular weight excluding hydrogens is 320 g/mol. The number of hydrogen-bond acceptors (Lipinski definition) is 3. The maximum absolute atomic E-state index is 5.73. The van der Waals surface area contributed by atoms with E-state index in [1.54, 1.807) is 0 Å². The molecule has 2 N–H and O–H groups in total. The van der Waals surface area contributed by atoms with E-state index in [9.17, 15) is 0 Å². The first kappa shape index (κ1) is 14.6. The van der Waals surface area contributed by atoms with E-state index in [2.05, 4.69) is 51.3 Å². The molecular formula is C15H19BrN2S. The molecule has 19 heavy (non-hydrogen) atoms. The molecule has 0 spiro atoms. The molecule has 2 nitrogen and oxygen atoms in total. The lowest BCUT2D eigenvalue weighted by atomic mass is 10.2. The predicted octanol–water partition coefficient (Wildman–Crippen LogP) is 4.51. The fourth-order valence-corrected chi connectivity index (χ4v) is 3.57. The van der Waals surface area contributed by atoms with E-state index >= 15 is 0 Å². The molecule has 4 heteroatoms. The van der Waals surface area contributed by atoms with Crippen LogP contribution in [0.25, 0.3) is 0 Å². The Bertz CT molecular complexity index is 507. The lowest BCUT2D eigenvalue weighted by molar-refractivity contribution is 0.259. The summed E-state index contributed by atoms with van der Waals surface area (Å²) in [6.45, 7) is 5.29. The van der Waals surface area contributed by atoms with Gasteiger partial charge in [-0.2, -0.15) is 0 Å². The van der Waals surface area contributed by atoms with E-state index in [1.807, 2.05) is 23.5 Å². The summed E-state index contributed by atoms with van der Waals surface area (Å²) < 4.78 is 1.22. The Morgan fingerprint density at radius 2 is 1.89 bits per heavy atom. The monoisotopic (exact) mass is 338 g/mol. The first-order valence-corrected chi connectivity index (χ1v) is 8.15. The minimum atomic E-state index is 0.826. The minimum Gasteiger partial charge on any atom is -0.399 e. The van der Waals surface area contributed by atoms with E-state index < -0.39 is 0 Å². The Balaban J connectivity index is 2.03. The first-order chi connectivity index (χ1) is 9.19. The van der Waals surface area contributed by atoms with Gasteiger partial charge in [0.05, 0.1) is 0 Å². The summed E-state index contributed by atoms with van der Waals surface area (Å²) in [4.78, 5) is 3.87. The van der Waals surface area contributed by atoms with E-state index in [0.29, 0.717) is 0 Å². The lowest BCUT2D eigenvalue weighted by Gasteiger charge is -2.21. The fraction of sp³-hybridized carbons (Fsp3) is 0.333.